The van der Waals surface area contributed by atoms with Gasteiger partial charge in [0, 0.05) is 19.5 Å². The highest BCUT2D eigenvalue weighted by molar-refractivity contribution is 5.81. The number of carbonyl (C=O) groups excluding carboxylic acids is 1. The van der Waals surface area contributed by atoms with Gasteiger partial charge in [-0.15, -0.1) is 0 Å². The lowest BCUT2D eigenvalue weighted by molar-refractivity contribution is -0.143. The normalized spacial score (nSPS) is 17.6. The molecule has 0 aromatic carbocycles. The van der Waals surface area contributed by atoms with E-state index >= 15 is 0 Å². The van der Waals surface area contributed by atoms with E-state index in [-0.39, 0.29) is 24.9 Å². The minimum absolute atomic E-state index is 0.0984. The van der Waals surface area contributed by atoms with Crippen molar-refractivity contribution in [1.82, 2.24) is 4.90 Å². The first-order valence-corrected chi connectivity index (χ1v) is 4.72. The second-order valence-corrected chi connectivity index (χ2v) is 3.85. The van der Waals surface area contributed by atoms with Gasteiger partial charge in [0.15, 0.2) is 0 Å². The van der Waals surface area contributed by atoms with Gasteiger partial charge in [-0.3, -0.25) is 9.59 Å². The quantitative estimate of drug-likeness (QED) is 0.635. The van der Waals surface area contributed by atoms with Gasteiger partial charge >= 0.3 is 5.97 Å². The summed E-state index contributed by atoms with van der Waals surface area (Å²) in [7, 11) is 1.48. The van der Waals surface area contributed by atoms with Gasteiger partial charge in [0.1, 0.15) is 6.54 Å². The second-order valence-electron chi connectivity index (χ2n) is 3.85. The molecule has 0 bridgehead atoms. The summed E-state index contributed by atoms with van der Waals surface area (Å²) in [6.07, 6.45) is 2.45. The van der Waals surface area contributed by atoms with E-state index in [9.17, 15) is 9.59 Å². The smallest absolute Gasteiger partial charge is 0.323 e. The maximum Gasteiger partial charge on any atom is 0.323 e. The summed E-state index contributed by atoms with van der Waals surface area (Å²) < 4.78 is 0. The first kappa shape index (κ1) is 11.0. The largest absolute Gasteiger partial charge is 0.480 e. The van der Waals surface area contributed by atoms with E-state index in [1.54, 1.807) is 0 Å². The highest BCUT2D eigenvalue weighted by atomic mass is 16.4. The number of likely N-dealkylation sites (N-methyl/N-ethyl adjacent to an activating group) is 1. The fourth-order valence-corrected chi connectivity index (χ4v) is 1.34. The molecule has 1 aliphatic rings. The zero-order valence-corrected chi connectivity index (χ0v) is 8.27. The number of nitrogens with zero attached hydrogens (tertiary/aromatic N) is 1. The Kier molecular flexibility index (Phi) is 3.46. The number of carbonyl (C=O) groups is 2. The predicted molar refractivity (Wildman–Crippen MR) is 50.6 cm³/mol. The van der Waals surface area contributed by atoms with Crippen LogP contribution < -0.4 is 5.73 Å². The molecule has 80 valence electrons. The predicted octanol–water partition coefficient (Wildman–Crippen LogP) is -0.343. The maximum absolute atomic E-state index is 11.4. The van der Waals surface area contributed by atoms with Crippen molar-refractivity contribution in [3.8, 4) is 0 Å². The standard InChI is InChI=1S/C9H16N2O3/c1-11(5-9(13)14)8(12)4-7(10)6-2-3-6/h6-7H,2-5,10H2,1H3,(H,13,14). The molecular weight excluding hydrogens is 184 g/mol. The number of rotatable bonds is 5. The van der Waals surface area contributed by atoms with Crippen LogP contribution in [0.4, 0.5) is 0 Å². The van der Waals surface area contributed by atoms with Crippen LogP contribution in [0.5, 0.6) is 0 Å². The number of carboxylic acid groups (broad SMARTS) is 1. The second kappa shape index (κ2) is 4.41. The van der Waals surface area contributed by atoms with Crippen molar-refractivity contribution in [1.29, 1.82) is 0 Å². The SMILES string of the molecule is CN(CC(=O)O)C(=O)CC(N)C1CC1. The van der Waals surface area contributed by atoms with Crippen LogP contribution in [0.2, 0.25) is 0 Å². The summed E-state index contributed by atoms with van der Waals surface area (Å²) in [4.78, 5) is 22.9. The van der Waals surface area contributed by atoms with E-state index in [0.717, 1.165) is 12.8 Å². The minimum Gasteiger partial charge on any atom is -0.480 e. The molecule has 1 atom stereocenters. The Labute approximate surface area is 82.9 Å². The van der Waals surface area contributed by atoms with E-state index in [1.807, 2.05) is 0 Å². The third kappa shape index (κ3) is 3.33. The van der Waals surface area contributed by atoms with Gasteiger partial charge in [0.25, 0.3) is 0 Å². The zero-order valence-electron chi connectivity index (χ0n) is 8.27. The van der Waals surface area contributed by atoms with Gasteiger partial charge < -0.3 is 15.7 Å². The Balaban J connectivity index is 2.28. The topological polar surface area (TPSA) is 83.6 Å². The minimum atomic E-state index is -0.999. The molecule has 0 radical (unpaired) electrons. The molecule has 0 aromatic heterocycles. The van der Waals surface area contributed by atoms with Gasteiger partial charge in [-0.1, -0.05) is 0 Å². The molecule has 1 amide bonds. The molecule has 0 aliphatic heterocycles. The molecule has 1 fully saturated rings. The fraction of sp³-hybridized carbons (Fsp3) is 0.778. The van der Waals surface area contributed by atoms with Crippen molar-refractivity contribution < 1.29 is 14.7 Å². The molecule has 5 heteroatoms. The van der Waals surface area contributed by atoms with Crippen LogP contribution in [-0.2, 0) is 9.59 Å². The maximum atomic E-state index is 11.4. The van der Waals surface area contributed by atoms with E-state index in [0.29, 0.717) is 5.92 Å². The molecule has 3 N–H and O–H groups in total. The molecule has 0 aromatic rings. The van der Waals surface area contributed by atoms with Crippen molar-refractivity contribution in [2.75, 3.05) is 13.6 Å². The number of carboxylic acids is 1. The third-order valence-corrected chi connectivity index (χ3v) is 2.44. The molecular formula is C9H16N2O3. The summed E-state index contributed by atoms with van der Waals surface area (Å²) in [6, 6.07) is -0.0984. The monoisotopic (exact) mass is 200 g/mol. The molecule has 5 nitrogen and oxygen atoms in total. The van der Waals surface area contributed by atoms with Gasteiger partial charge in [-0.25, -0.2) is 0 Å². The number of aliphatic carboxylic acids is 1. The van der Waals surface area contributed by atoms with Crippen LogP contribution in [0.1, 0.15) is 19.3 Å². The van der Waals surface area contributed by atoms with Crippen molar-refractivity contribution >= 4 is 11.9 Å². The van der Waals surface area contributed by atoms with Crippen molar-refractivity contribution in [2.24, 2.45) is 11.7 Å². The third-order valence-electron chi connectivity index (χ3n) is 2.44. The van der Waals surface area contributed by atoms with Crippen LogP contribution in [0, 0.1) is 5.92 Å². The Morgan fingerprint density at radius 3 is 2.57 bits per heavy atom. The zero-order chi connectivity index (χ0) is 10.7. The highest BCUT2D eigenvalue weighted by Crippen LogP contribution is 2.32. The molecule has 0 saturated heterocycles. The lowest BCUT2D eigenvalue weighted by atomic mass is 10.1. The van der Waals surface area contributed by atoms with Crippen LogP contribution in [-0.4, -0.2) is 41.5 Å². The summed E-state index contributed by atoms with van der Waals surface area (Å²) >= 11 is 0. The fourth-order valence-electron chi connectivity index (χ4n) is 1.34. The highest BCUT2D eigenvalue weighted by Gasteiger charge is 2.30. The van der Waals surface area contributed by atoms with Crippen LogP contribution >= 0.6 is 0 Å². The molecule has 1 saturated carbocycles. The van der Waals surface area contributed by atoms with Crippen LogP contribution in [0.25, 0.3) is 0 Å². The van der Waals surface area contributed by atoms with Crippen molar-refractivity contribution in [2.45, 2.75) is 25.3 Å². The Hall–Kier alpha value is -1.10. The van der Waals surface area contributed by atoms with E-state index < -0.39 is 5.97 Å². The average Bonchev–Trinajstić information content (AvgIpc) is 2.84. The number of hydrogen-bond acceptors (Lipinski definition) is 3. The molecule has 1 rings (SSSR count). The van der Waals surface area contributed by atoms with Crippen molar-refractivity contribution in [3.05, 3.63) is 0 Å². The van der Waals surface area contributed by atoms with Gasteiger partial charge in [-0.05, 0) is 18.8 Å². The Morgan fingerprint density at radius 1 is 1.57 bits per heavy atom. The summed E-state index contributed by atoms with van der Waals surface area (Å²) in [5, 5.41) is 8.46. The van der Waals surface area contributed by atoms with Crippen LogP contribution in [0.15, 0.2) is 0 Å². The number of amides is 1. The molecule has 14 heavy (non-hydrogen) atoms. The summed E-state index contributed by atoms with van der Waals surface area (Å²) in [5.41, 5.74) is 5.75. The number of hydrogen-bond donors (Lipinski definition) is 2. The van der Waals surface area contributed by atoms with E-state index in [4.69, 9.17) is 10.8 Å². The van der Waals surface area contributed by atoms with Gasteiger partial charge in [-0.2, -0.15) is 0 Å². The molecule has 1 unspecified atom stereocenters. The average molecular weight is 200 g/mol. The molecule has 1 aliphatic carbocycles. The van der Waals surface area contributed by atoms with Crippen LogP contribution in [0.3, 0.4) is 0 Å². The number of nitrogens with two attached hydrogens (primary N) is 1. The van der Waals surface area contributed by atoms with Gasteiger partial charge in [0.2, 0.25) is 5.91 Å². The Bertz CT molecular complexity index is 238. The summed E-state index contributed by atoms with van der Waals surface area (Å²) in [6.45, 7) is -0.254. The van der Waals surface area contributed by atoms with Gasteiger partial charge in [0.05, 0.1) is 0 Å². The van der Waals surface area contributed by atoms with E-state index in [1.165, 1.54) is 11.9 Å². The lowest BCUT2D eigenvalue weighted by Crippen LogP contribution is -2.37. The molecule has 0 spiro atoms. The Morgan fingerprint density at radius 2 is 2.14 bits per heavy atom. The van der Waals surface area contributed by atoms with Crippen molar-refractivity contribution in [3.63, 3.8) is 0 Å². The van der Waals surface area contributed by atoms with E-state index in [2.05, 4.69) is 0 Å². The first-order valence-electron chi connectivity index (χ1n) is 4.72. The summed E-state index contributed by atoms with van der Waals surface area (Å²) in [5.74, 6) is -0.718. The molecule has 0 heterocycles. The lowest BCUT2D eigenvalue weighted by Gasteiger charge is -2.17. The first-order chi connectivity index (χ1) is 6.50.